The zero-order valence-electron chi connectivity index (χ0n) is 10.2. The molecule has 3 fully saturated rings. The molecule has 2 amide bonds. The van der Waals surface area contributed by atoms with Crippen molar-refractivity contribution in [3.63, 3.8) is 0 Å². The Labute approximate surface area is 106 Å². The molecule has 2 saturated heterocycles. The smallest absolute Gasteiger partial charge is 0.259 e. The fourth-order valence-corrected chi connectivity index (χ4v) is 3.34. The lowest BCUT2D eigenvalue weighted by atomic mass is 9.80. The number of fused-ring (bicyclic) bond motifs is 2. The van der Waals surface area contributed by atoms with Crippen molar-refractivity contribution in [2.45, 2.75) is 62.7 Å². The van der Waals surface area contributed by atoms with Gasteiger partial charge in [-0.3, -0.25) is 14.5 Å². The molecule has 2 aliphatic heterocycles. The highest BCUT2D eigenvalue weighted by atomic mass is 16.5. The standard InChI is InChI=1S/C13H16N2O3/c14-8-13(6-2-1-3-7-13)15-11(16)9-4-5-10(18-9)12(15)17/h9-10H,1-7H2. The van der Waals surface area contributed by atoms with Crippen LogP contribution in [0.5, 0.6) is 0 Å². The molecule has 1 saturated carbocycles. The molecule has 2 heterocycles. The first kappa shape index (κ1) is 11.7. The number of hydrogen-bond donors (Lipinski definition) is 0. The van der Waals surface area contributed by atoms with Gasteiger partial charge in [-0.15, -0.1) is 0 Å². The van der Waals surface area contributed by atoms with Gasteiger partial charge in [-0.05, 0) is 25.7 Å². The summed E-state index contributed by atoms with van der Waals surface area (Å²) in [7, 11) is 0. The van der Waals surface area contributed by atoms with Crippen LogP contribution in [0.15, 0.2) is 0 Å². The number of nitrogens with zero attached hydrogens (tertiary/aromatic N) is 2. The zero-order chi connectivity index (χ0) is 12.8. The Morgan fingerprint density at radius 1 is 1.11 bits per heavy atom. The molecule has 96 valence electrons. The van der Waals surface area contributed by atoms with Crippen molar-refractivity contribution >= 4 is 11.8 Å². The van der Waals surface area contributed by atoms with Crippen molar-refractivity contribution in [1.29, 1.82) is 5.26 Å². The molecule has 0 spiro atoms. The van der Waals surface area contributed by atoms with E-state index in [-0.39, 0.29) is 11.8 Å². The van der Waals surface area contributed by atoms with Gasteiger partial charge in [0.2, 0.25) is 0 Å². The first-order valence-electron chi connectivity index (χ1n) is 6.63. The number of carbonyl (C=O) groups excluding carboxylic acids is 2. The first-order chi connectivity index (χ1) is 8.68. The molecule has 0 aromatic carbocycles. The Morgan fingerprint density at radius 2 is 1.67 bits per heavy atom. The average molecular weight is 248 g/mol. The Morgan fingerprint density at radius 3 is 2.17 bits per heavy atom. The summed E-state index contributed by atoms with van der Waals surface area (Å²) in [5, 5.41) is 9.49. The third kappa shape index (κ3) is 1.49. The molecule has 18 heavy (non-hydrogen) atoms. The van der Waals surface area contributed by atoms with E-state index in [0.717, 1.165) is 19.3 Å². The van der Waals surface area contributed by atoms with E-state index in [9.17, 15) is 14.9 Å². The van der Waals surface area contributed by atoms with E-state index >= 15 is 0 Å². The normalized spacial score (nSPS) is 34.5. The molecule has 5 heteroatoms. The molecule has 3 aliphatic rings. The van der Waals surface area contributed by atoms with Gasteiger partial charge in [0, 0.05) is 0 Å². The molecule has 2 bridgehead atoms. The van der Waals surface area contributed by atoms with Crippen LogP contribution in [0.1, 0.15) is 44.9 Å². The van der Waals surface area contributed by atoms with Crippen LogP contribution in [0.3, 0.4) is 0 Å². The van der Waals surface area contributed by atoms with Crippen LogP contribution in [0.4, 0.5) is 0 Å². The lowest BCUT2D eigenvalue weighted by molar-refractivity contribution is -0.175. The van der Waals surface area contributed by atoms with Crippen LogP contribution in [0.2, 0.25) is 0 Å². The SMILES string of the molecule is N#CC1(N2C(=O)C3CCC(O3)C2=O)CCCCC1. The van der Waals surface area contributed by atoms with Crippen LogP contribution >= 0.6 is 0 Å². The molecule has 1 aliphatic carbocycles. The van der Waals surface area contributed by atoms with Crippen molar-refractivity contribution < 1.29 is 14.3 Å². The number of morpholine rings is 1. The highest BCUT2D eigenvalue weighted by Gasteiger charge is 2.54. The predicted octanol–water partition coefficient (Wildman–Crippen LogP) is 1.13. The second-order valence-corrected chi connectivity index (χ2v) is 5.41. The molecule has 5 nitrogen and oxygen atoms in total. The molecule has 0 N–H and O–H groups in total. The van der Waals surface area contributed by atoms with Crippen molar-refractivity contribution in [1.82, 2.24) is 4.90 Å². The van der Waals surface area contributed by atoms with Crippen LogP contribution in [0.25, 0.3) is 0 Å². The van der Waals surface area contributed by atoms with E-state index in [1.165, 1.54) is 4.90 Å². The van der Waals surface area contributed by atoms with Gasteiger partial charge >= 0.3 is 0 Å². The maximum atomic E-state index is 12.3. The van der Waals surface area contributed by atoms with Crippen molar-refractivity contribution in [2.24, 2.45) is 0 Å². The fraction of sp³-hybridized carbons (Fsp3) is 0.769. The van der Waals surface area contributed by atoms with Crippen molar-refractivity contribution in [3.05, 3.63) is 0 Å². The van der Waals surface area contributed by atoms with Crippen LogP contribution in [-0.4, -0.2) is 34.5 Å². The van der Waals surface area contributed by atoms with Gasteiger partial charge in [0.1, 0.15) is 17.7 Å². The van der Waals surface area contributed by atoms with Crippen LogP contribution in [-0.2, 0) is 14.3 Å². The minimum Gasteiger partial charge on any atom is -0.355 e. The summed E-state index contributed by atoms with van der Waals surface area (Å²) in [6, 6.07) is 2.25. The molecule has 2 unspecified atom stereocenters. The molecule has 3 rings (SSSR count). The predicted molar refractivity (Wildman–Crippen MR) is 61.2 cm³/mol. The highest BCUT2D eigenvalue weighted by Crippen LogP contribution is 2.39. The summed E-state index contributed by atoms with van der Waals surface area (Å²) < 4.78 is 5.38. The summed E-state index contributed by atoms with van der Waals surface area (Å²) >= 11 is 0. The summed E-state index contributed by atoms with van der Waals surface area (Å²) in [4.78, 5) is 25.8. The van der Waals surface area contributed by atoms with Gasteiger partial charge in [-0.1, -0.05) is 19.3 Å². The third-order valence-corrected chi connectivity index (χ3v) is 4.33. The number of imide groups is 1. The minimum atomic E-state index is -0.906. The lowest BCUT2D eigenvalue weighted by Gasteiger charge is -2.43. The van der Waals surface area contributed by atoms with E-state index in [4.69, 9.17) is 4.74 Å². The number of amides is 2. The number of ether oxygens (including phenoxy) is 1. The number of rotatable bonds is 1. The Hall–Kier alpha value is -1.41. The maximum Gasteiger partial charge on any atom is 0.259 e. The number of carbonyl (C=O) groups is 2. The van der Waals surface area contributed by atoms with Gasteiger partial charge in [0.25, 0.3) is 11.8 Å². The first-order valence-corrected chi connectivity index (χ1v) is 6.63. The van der Waals surface area contributed by atoms with E-state index < -0.39 is 17.7 Å². The van der Waals surface area contributed by atoms with Crippen LogP contribution in [0, 0.1) is 11.3 Å². The second kappa shape index (κ2) is 4.06. The number of likely N-dealkylation sites (tertiary alicyclic amines) is 1. The van der Waals surface area contributed by atoms with Gasteiger partial charge in [-0.25, -0.2) is 0 Å². The largest absolute Gasteiger partial charge is 0.355 e. The summed E-state index contributed by atoms with van der Waals surface area (Å²) in [5.74, 6) is -0.589. The van der Waals surface area contributed by atoms with Gasteiger partial charge in [0.05, 0.1) is 6.07 Å². The van der Waals surface area contributed by atoms with E-state index in [2.05, 4.69) is 6.07 Å². The molecular formula is C13H16N2O3. The molecule has 0 radical (unpaired) electrons. The van der Waals surface area contributed by atoms with Gasteiger partial charge < -0.3 is 4.74 Å². The van der Waals surface area contributed by atoms with E-state index in [0.29, 0.717) is 25.7 Å². The molecular weight excluding hydrogens is 232 g/mol. The Bertz CT molecular complexity index is 412. The van der Waals surface area contributed by atoms with E-state index in [1.807, 2.05) is 0 Å². The van der Waals surface area contributed by atoms with E-state index in [1.54, 1.807) is 0 Å². The third-order valence-electron chi connectivity index (χ3n) is 4.33. The fourth-order valence-electron chi connectivity index (χ4n) is 3.34. The Balaban J connectivity index is 1.96. The second-order valence-electron chi connectivity index (χ2n) is 5.41. The van der Waals surface area contributed by atoms with Crippen molar-refractivity contribution in [2.75, 3.05) is 0 Å². The summed E-state index contributed by atoms with van der Waals surface area (Å²) in [6.45, 7) is 0. The maximum absolute atomic E-state index is 12.3. The minimum absolute atomic E-state index is 0.294. The monoisotopic (exact) mass is 248 g/mol. The molecule has 0 aromatic rings. The number of nitriles is 1. The Kier molecular flexibility index (Phi) is 2.63. The highest BCUT2D eigenvalue weighted by molar-refractivity contribution is 6.03. The topological polar surface area (TPSA) is 70.4 Å². The lowest BCUT2D eigenvalue weighted by Crippen LogP contribution is -2.62. The summed E-state index contributed by atoms with van der Waals surface area (Å²) in [5.41, 5.74) is -0.906. The zero-order valence-corrected chi connectivity index (χ0v) is 10.2. The van der Waals surface area contributed by atoms with Crippen LogP contribution < -0.4 is 0 Å². The average Bonchev–Trinajstić information content (AvgIpc) is 2.85. The summed E-state index contributed by atoms with van der Waals surface area (Å²) in [6.07, 6.45) is 4.31. The molecule has 0 aromatic heterocycles. The molecule has 2 atom stereocenters. The van der Waals surface area contributed by atoms with Gasteiger partial charge in [-0.2, -0.15) is 5.26 Å². The number of hydrogen-bond acceptors (Lipinski definition) is 4. The quantitative estimate of drug-likeness (QED) is 0.652. The van der Waals surface area contributed by atoms with Gasteiger partial charge in [0.15, 0.2) is 0 Å². The van der Waals surface area contributed by atoms with Crippen molar-refractivity contribution in [3.8, 4) is 6.07 Å².